The van der Waals surface area contributed by atoms with E-state index in [4.69, 9.17) is 10.00 Å². The van der Waals surface area contributed by atoms with E-state index in [2.05, 4.69) is 23.2 Å². The SMILES string of the molecule is CN(Cc1ccc2c(c1)CCO2)c1cnccc1C#N. The third-order valence-electron chi connectivity index (χ3n) is 3.51. The number of nitriles is 1. The molecule has 4 nitrogen and oxygen atoms in total. The van der Waals surface area contributed by atoms with E-state index in [1.165, 1.54) is 11.1 Å². The molecule has 0 radical (unpaired) electrons. The molecule has 0 fully saturated rings. The molecule has 2 heterocycles. The van der Waals surface area contributed by atoms with E-state index in [0.29, 0.717) is 5.56 Å². The highest BCUT2D eigenvalue weighted by Gasteiger charge is 2.13. The van der Waals surface area contributed by atoms with Gasteiger partial charge in [0.25, 0.3) is 0 Å². The Morgan fingerprint density at radius 3 is 3.15 bits per heavy atom. The smallest absolute Gasteiger partial charge is 0.122 e. The molecule has 0 amide bonds. The molecule has 20 heavy (non-hydrogen) atoms. The Morgan fingerprint density at radius 1 is 1.40 bits per heavy atom. The molecule has 1 aliphatic heterocycles. The molecule has 100 valence electrons. The molecule has 0 N–H and O–H groups in total. The molecule has 0 spiro atoms. The van der Waals surface area contributed by atoms with Crippen molar-refractivity contribution in [2.75, 3.05) is 18.6 Å². The number of aromatic nitrogens is 1. The van der Waals surface area contributed by atoms with Crippen molar-refractivity contribution in [1.29, 1.82) is 5.26 Å². The molecular weight excluding hydrogens is 250 g/mol. The summed E-state index contributed by atoms with van der Waals surface area (Å²) < 4.78 is 5.51. The second kappa shape index (κ2) is 5.22. The number of ether oxygens (including phenoxy) is 1. The molecule has 0 atom stereocenters. The van der Waals surface area contributed by atoms with Gasteiger partial charge in [-0.25, -0.2) is 0 Å². The Balaban J connectivity index is 1.82. The van der Waals surface area contributed by atoms with E-state index < -0.39 is 0 Å². The van der Waals surface area contributed by atoms with Gasteiger partial charge in [0.1, 0.15) is 11.8 Å². The molecule has 0 saturated carbocycles. The summed E-state index contributed by atoms with van der Waals surface area (Å²) >= 11 is 0. The molecular formula is C16H15N3O. The van der Waals surface area contributed by atoms with Crippen molar-refractivity contribution in [3.63, 3.8) is 0 Å². The van der Waals surface area contributed by atoms with Gasteiger partial charge in [-0.05, 0) is 23.3 Å². The average molecular weight is 265 g/mol. The van der Waals surface area contributed by atoms with Crippen LogP contribution in [0, 0.1) is 11.3 Å². The molecule has 0 bridgehead atoms. The minimum absolute atomic E-state index is 0.645. The van der Waals surface area contributed by atoms with E-state index in [0.717, 1.165) is 31.0 Å². The monoisotopic (exact) mass is 265 g/mol. The lowest BCUT2D eigenvalue weighted by atomic mass is 10.1. The first-order chi connectivity index (χ1) is 9.78. The number of anilines is 1. The van der Waals surface area contributed by atoms with Gasteiger partial charge >= 0.3 is 0 Å². The van der Waals surface area contributed by atoms with Gasteiger partial charge in [-0.3, -0.25) is 4.98 Å². The number of pyridine rings is 1. The van der Waals surface area contributed by atoms with Crippen molar-refractivity contribution in [1.82, 2.24) is 4.98 Å². The van der Waals surface area contributed by atoms with E-state index in [1.54, 1.807) is 18.5 Å². The highest BCUT2D eigenvalue weighted by molar-refractivity contribution is 5.57. The number of hydrogen-bond donors (Lipinski definition) is 0. The predicted molar refractivity (Wildman–Crippen MR) is 76.7 cm³/mol. The minimum Gasteiger partial charge on any atom is -0.493 e. The maximum absolute atomic E-state index is 9.14. The van der Waals surface area contributed by atoms with Crippen LogP contribution in [0.15, 0.2) is 36.7 Å². The molecule has 0 unspecified atom stereocenters. The summed E-state index contributed by atoms with van der Waals surface area (Å²) in [6, 6.07) is 10.2. The molecule has 0 aliphatic carbocycles. The molecule has 1 aromatic heterocycles. The maximum Gasteiger partial charge on any atom is 0.122 e. The third-order valence-corrected chi connectivity index (χ3v) is 3.51. The van der Waals surface area contributed by atoms with E-state index in [-0.39, 0.29) is 0 Å². The topological polar surface area (TPSA) is 49.1 Å². The van der Waals surface area contributed by atoms with E-state index in [9.17, 15) is 0 Å². The summed E-state index contributed by atoms with van der Waals surface area (Å²) in [5.41, 5.74) is 3.98. The van der Waals surface area contributed by atoms with Gasteiger partial charge in [-0.1, -0.05) is 12.1 Å². The molecule has 0 saturated heterocycles. The second-order valence-corrected chi connectivity index (χ2v) is 4.90. The van der Waals surface area contributed by atoms with Crippen molar-refractivity contribution in [2.24, 2.45) is 0 Å². The maximum atomic E-state index is 9.14. The zero-order valence-electron chi connectivity index (χ0n) is 11.3. The van der Waals surface area contributed by atoms with Crippen molar-refractivity contribution >= 4 is 5.69 Å². The first kappa shape index (κ1) is 12.5. The Kier molecular flexibility index (Phi) is 3.26. The Labute approximate surface area is 118 Å². The van der Waals surface area contributed by atoms with Gasteiger partial charge in [-0.15, -0.1) is 0 Å². The predicted octanol–water partition coefficient (Wildman–Crippen LogP) is 2.52. The zero-order chi connectivity index (χ0) is 13.9. The number of fused-ring (bicyclic) bond motifs is 1. The lowest BCUT2D eigenvalue weighted by Crippen LogP contribution is -2.17. The van der Waals surface area contributed by atoms with E-state index >= 15 is 0 Å². The highest BCUT2D eigenvalue weighted by atomic mass is 16.5. The second-order valence-electron chi connectivity index (χ2n) is 4.90. The fourth-order valence-corrected chi connectivity index (χ4v) is 2.48. The number of nitrogens with zero attached hydrogens (tertiary/aromatic N) is 3. The molecule has 1 aliphatic rings. The van der Waals surface area contributed by atoms with Crippen molar-refractivity contribution in [3.8, 4) is 11.8 Å². The Hall–Kier alpha value is -2.54. The minimum atomic E-state index is 0.645. The summed E-state index contributed by atoms with van der Waals surface area (Å²) in [4.78, 5) is 6.15. The fourth-order valence-electron chi connectivity index (χ4n) is 2.48. The summed E-state index contributed by atoms with van der Waals surface area (Å²) in [5.74, 6) is 0.996. The van der Waals surface area contributed by atoms with Gasteiger partial charge in [0.2, 0.25) is 0 Å². The van der Waals surface area contributed by atoms with Crippen LogP contribution in [0.1, 0.15) is 16.7 Å². The van der Waals surface area contributed by atoms with Gasteiger partial charge in [0.05, 0.1) is 24.1 Å². The van der Waals surface area contributed by atoms with Crippen molar-refractivity contribution < 1.29 is 4.74 Å². The van der Waals surface area contributed by atoms with Crippen molar-refractivity contribution in [2.45, 2.75) is 13.0 Å². The number of benzene rings is 1. The highest BCUT2D eigenvalue weighted by Crippen LogP contribution is 2.27. The van der Waals surface area contributed by atoms with Crippen LogP contribution in [-0.2, 0) is 13.0 Å². The number of hydrogen-bond acceptors (Lipinski definition) is 4. The fraction of sp³-hybridized carbons (Fsp3) is 0.250. The van der Waals surface area contributed by atoms with Crippen molar-refractivity contribution in [3.05, 3.63) is 53.3 Å². The Bertz CT molecular complexity index is 676. The standard InChI is InChI=1S/C16H15N3O/c1-19(15-10-18-6-4-14(15)9-17)11-12-2-3-16-13(8-12)5-7-20-16/h2-4,6,8,10H,5,7,11H2,1H3. The summed E-state index contributed by atoms with van der Waals surface area (Å²) in [6.45, 7) is 1.52. The average Bonchev–Trinajstić information content (AvgIpc) is 2.94. The summed E-state index contributed by atoms with van der Waals surface area (Å²) in [5, 5.41) is 9.14. The molecule has 1 aromatic carbocycles. The van der Waals surface area contributed by atoms with Crippen LogP contribution in [0.25, 0.3) is 0 Å². The Morgan fingerprint density at radius 2 is 2.30 bits per heavy atom. The van der Waals surface area contributed by atoms with Gasteiger partial charge in [-0.2, -0.15) is 5.26 Å². The zero-order valence-corrected chi connectivity index (χ0v) is 11.3. The van der Waals surface area contributed by atoms with Gasteiger partial charge in [0.15, 0.2) is 0 Å². The summed E-state index contributed by atoms with van der Waals surface area (Å²) in [7, 11) is 1.97. The lowest BCUT2D eigenvalue weighted by Gasteiger charge is -2.20. The lowest BCUT2D eigenvalue weighted by molar-refractivity contribution is 0.357. The third kappa shape index (κ3) is 2.30. The van der Waals surface area contributed by atoms with Crippen LogP contribution in [-0.4, -0.2) is 18.6 Å². The van der Waals surface area contributed by atoms with Crippen LogP contribution < -0.4 is 9.64 Å². The first-order valence-electron chi connectivity index (χ1n) is 6.58. The quantitative estimate of drug-likeness (QED) is 0.855. The van der Waals surface area contributed by atoms with Gasteiger partial charge in [0, 0.05) is 26.2 Å². The van der Waals surface area contributed by atoms with Crippen LogP contribution in [0.4, 0.5) is 5.69 Å². The van der Waals surface area contributed by atoms with Crippen LogP contribution in [0.2, 0.25) is 0 Å². The van der Waals surface area contributed by atoms with Crippen LogP contribution in [0.5, 0.6) is 5.75 Å². The normalized spacial score (nSPS) is 12.4. The molecule has 4 heteroatoms. The first-order valence-corrected chi connectivity index (χ1v) is 6.58. The summed E-state index contributed by atoms with van der Waals surface area (Å²) in [6.07, 6.45) is 4.35. The van der Waals surface area contributed by atoms with Crippen LogP contribution in [0.3, 0.4) is 0 Å². The molecule has 3 rings (SSSR count). The van der Waals surface area contributed by atoms with E-state index in [1.807, 2.05) is 18.0 Å². The van der Waals surface area contributed by atoms with Gasteiger partial charge < -0.3 is 9.64 Å². The number of rotatable bonds is 3. The molecule has 2 aromatic rings. The van der Waals surface area contributed by atoms with Crippen LogP contribution >= 0.6 is 0 Å². The largest absolute Gasteiger partial charge is 0.493 e.